The Morgan fingerprint density at radius 3 is 2.29 bits per heavy atom. The van der Waals surface area contributed by atoms with E-state index in [1.807, 2.05) is 12.3 Å². The second kappa shape index (κ2) is 4.88. The number of hydrogen-bond acceptors (Lipinski definition) is 2. The molecule has 0 aliphatic heterocycles. The highest BCUT2D eigenvalue weighted by atomic mass is 79.9. The molecule has 0 spiro atoms. The summed E-state index contributed by atoms with van der Waals surface area (Å²) in [6.07, 6.45) is 1.82. The van der Waals surface area contributed by atoms with Gasteiger partial charge in [-0.2, -0.15) is 0 Å². The maximum Gasteiger partial charge on any atom is 0.144 e. The molecule has 0 atom stereocenters. The van der Waals surface area contributed by atoms with Gasteiger partial charge >= 0.3 is 0 Å². The molecular formula is C14H15BrN2. The Kier molecular flexibility index (Phi) is 3.48. The molecule has 2 rings (SSSR count). The predicted molar refractivity (Wildman–Crippen MR) is 75.9 cm³/mol. The number of para-hydroxylation sites is 1. The number of nitrogens with zero attached hydrogens (tertiary/aromatic N) is 1. The number of anilines is 2. The number of pyridine rings is 1. The number of benzene rings is 1. The van der Waals surface area contributed by atoms with E-state index in [0.717, 1.165) is 16.0 Å². The van der Waals surface area contributed by atoms with Crippen LogP contribution < -0.4 is 5.32 Å². The van der Waals surface area contributed by atoms with Crippen molar-refractivity contribution in [3.63, 3.8) is 0 Å². The fourth-order valence-electron chi connectivity index (χ4n) is 1.76. The molecule has 0 aliphatic rings. The van der Waals surface area contributed by atoms with Gasteiger partial charge in [-0.05, 0) is 59.5 Å². The molecule has 2 aromatic rings. The molecule has 17 heavy (non-hydrogen) atoms. The third-order valence-corrected chi connectivity index (χ3v) is 3.81. The van der Waals surface area contributed by atoms with Gasteiger partial charge < -0.3 is 5.32 Å². The number of aromatic nitrogens is 1. The molecule has 1 aromatic heterocycles. The molecule has 1 aromatic carbocycles. The molecule has 88 valence electrons. The van der Waals surface area contributed by atoms with E-state index in [1.165, 1.54) is 16.7 Å². The zero-order valence-corrected chi connectivity index (χ0v) is 11.8. The van der Waals surface area contributed by atoms with E-state index in [2.05, 4.69) is 65.2 Å². The van der Waals surface area contributed by atoms with Gasteiger partial charge in [0.25, 0.3) is 0 Å². The van der Waals surface area contributed by atoms with Crippen molar-refractivity contribution in [3.8, 4) is 0 Å². The highest BCUT2D eigenvalue weighted by Gasteiger charge is 2.07. The van der Waals surface area contributed by atoms with E-state index in [-0.39, 0.29) is 0 Å². The van der Waals surface area contributed by atoms with E-state index >= 15 is 0 Å². The smallest absolute Gasteiger partial charge is 0.144 e. The molecule has 1 N–H and O–H groups in total. The van der Waals surface area contributed by atoms with Crippen LogP contribution in [0.3, 0.4) is 0 Å². The van der Waals surface area contributed by atoms with Gasteiger partial charge in [-0.1, -0.05) is 18.2 Å². The van der Waals surface area contributed by atoms with Gasteiger partial charge in [0.1, 0.15) is 5.82 Å². The molecular weight excluding hydrogens is 276 g/mol. The van der Waals surface area contributed by atoms with Crippen LogP contribution in [0.4, 0.5) is 11.5 Å². The van der Waals surface area contributed by atoms with Gasteiger partial charge in [0, 0.05) is 11.9 Å². The lowest BCUT2D eigenvalue weighted by atomic mass is 10.1. The first kappa shape index (κ1) is 12.1. The molecule has 0 amide bonds. The minimum atomic E-state index is 0.863. The summed E-state index contributed by atoms with van der Waals surface area (Å²) in [6.45, 7) is 6.25. The molecule has 0 unspecified atom stereocenters. The van der Waals surface area contributed by atoms with Gasteiger partial charge in [0.05, 0.1) is 4.47 Å². The summed E-state index contributed by atoms with van der Waals surface area (Å²) < 4.78 is 1.02. The summed E-state index contributed by atoms with van der Waals surface area (Å²) in [6, 6.07) is 8.24. The summed E-state index contributed by atoms with van der Waals surface area (Å²) >= 11 is 3.56. The summed E-state index contributed by atoms with van der Waals surface area (Å²) in [5.41, 5.74) is 4.75. The SMILES string of the molecule is Cc1ccnc(Nc2c(C)cccc2C)c1Br. The standard InChI is InChI=1S/C14H15BrN2/c1-9-7-8-16-14(12(9)15)17-13-10(2)5-4-6-11(13)3/h4-8H,1-3H3,(H,16,17). The Morgan fingerprint density at radius 2 is 1.65 bits per heavy atom. The third kappa shape index (κ3) is 2.50. The molecule has 0 radical (unpaired) electrons. The molecule has 0 aliphatic carbocycles. The molecule has 0 saturated carbocycles. The Morgan fingerprint density at radius 1 is 1.00 bits per heavy atom. The van der Waals surface area contributed by atoms with Gasteiger partial charge in [-0.3, -0.25) is 0 Å². The Bertz CT molecular complexity index is 530. The largest absolute Gasteiger partial charge is 0.339 e. The summed E-state index contributed by atoms with van der Waals surface area (Å²) in [4.78, 5) is 4.36. The highest BCUT2D eigenvalue weighted by Crippen LogP contribution is 2.29. The lowest BCUT2D eigenvalue weighted by Gasteiger charge is -2.13. The van der Waals surface area contributed by atoms with E-state index in [0.29, 0.717) is 0 Å². The lowest BCUT2D eigenvalue weighted by Crippen LogP contribution is -1.99. The zero-order valence-electron chi connectivity index (χ0n) is 10.2. The fraction of sp³-hybridized carbons (Fsp3) is 0.214. The Labute approximate surface area is 110 Å². The van der Waals surface area contributed by atoms with Crippen molar-refractivity contribution in [2.24, 2.45) is 0 Å². The molecule has 3 heteroatoms. The molecule has 0 bridgehead atoms. The number of aryl methyl sites for hydroxylation is 3. The summed E-state index contributed by atoms with van der Waals surface area (Å²) in [7, 11) is 0. The minimum absolute atomic E-state index is 0.863. The van der Waals surface area contributed by atoms with Crippen LogP contribution in [0.15, 0.2) is 34.9 Å². The number of rotatable bonds is 2. The first-order valence-electron chi connectivity index (χ1n) is 5.54. The van der Waals surface area contributed by atoms with Gasteiger partial charge in [-0.25, -0.2) is 4.98 Å². The van der Waals surface area contributed by atoms with Crippen molar-refractivity contribution in [1.29, 1.82) is 0 Å². The molecule has 0 fully saturated rings. The van der Waals surface area contributed by atoms with E-state index in [4.69, 9.17) is 0 Å². The number of halogens is 1. The average molecular weight is 291 g/mol. The fourth-order valence-corrected chi connectivity index (χ4v) is 2.09. The van der Waals surface area contributed by atoms with Crippen molar-refractivity contribution >= 4 is 27.4 Å². The number of nitrogens with one attached hydrogen (secondary N) is 1. The first-order chi connectivity index (χ1) is 8.09. The van der Waals surface area contributed by atoms with E-state index in [9.17, 15) is 0 Å². The normalized spacial score (nSPS) is 10.4. The summed E-state index contributed by atoms with van der Waals surface area (Å²) in [5.74, 6) is 0.863. The topological polar surface area (TPSA) is 24.9 Å². The van der Waals surface area contributed by atoms with Crippen LogP contribution >= 0.6 is 15.9 Å². The molecule has 0 saturated heterocycles. The van der Waals surface area contributed by atoms with Crippen LogP contribution in [-0.2, 0) is 0 Å². The van der Waals surface area contributed by atoms with Crippen molar-refractivity contribution < 1.29 is 0 Å². The second-order valence-electron chi connectivity index (χ2n) is 4.18. The maximum absolute atomic E-state index is 4.36. The van der Waals surface area contributed by atoms with Gasteiger partial charge in [0.15, 0.2) is 0 Å². The quantitative estimate of drug-likeness (QED) is 0.880. The van der Waals surface area contributed by atoms with Crippen molar-refractivity contribution in [3.05, 3.63) is 51.6 Å². The van der Waals surface area contributed by atoms with Crippen molar-refractivity contribution in [2.75, 3.05) is 5.32 Å². The van der Waals surface area contributed by atoms with E-state index in [1.54, 1.807) is 0 Å². The highest BCUT2D eigenvalue weighted by molar-refractivity contribution is 9.10. The van der Waals surface area contributed by atoms with Crippen molar-refractivity contribution in [2.45, 2.75) is 20.8 Å². The van der Waals surface area contributed by atoms with Crippen LogP contribution in [0, 0.1) is 20.8 Å². The van der Waals surface area contributed by atoms with Crippen LogP contribution in [0.2, 0.25) is 0 Å². The van der Waals surface area contributed by atoms with Gasteiger partial charge in [-0.15, -0.1) is 0 Å². The van der Waals surface area contributed by atoms with Crippen LogP contribution in [0.25, 0.3) is 0 Å². The lowest BCUT2D eigenvalue weighted by molar-refractivity contribution is 1.23. The molecule has 2 nitrogen and oxygen atoms in total. The predicted octanol–water partition coefficient (Wildman–Crippen LogP) is 4.51. The number of hydrogen-bond donors (Lipinski definition) is 1. The van der Waals surface area contributed by atoms with Crippen LogP contribution in [0.1, 0.15) is 16.7 Å². The molecule has 1 heterocycles. The average Bonchev–Trinajstić information content (AvgIpc) is 2.29. The van der Waals surface area contributed by atoms with Gasteiger partial charge in [0.2, 0.25) is 0 Å². The third-order valence-electron chi connectivity index (χ3n) is 2.81. The summed E-state index contributed by atoms with van der Waals surface area (Å²) in [5, 5.41) is 3.39. The zero-order chi connectivity index (χ0) is 12.4. The first-order valence-corrected chi connectivity index (χ1v) is 6.33. The Balaban J connectivity index is 2.42. The Hall–Kier alpha value is -1.35. The van der Waals surface area contributed by atoms with Crippen LogP contribution in [0.5, 0.6) is 0 Å². The van der Waals surface area contributed by atoms with Crippen LogP contribution in [-0.4, -0.2) is 4.98 Å². The van der Waals surface area contributed by atoms with E-state index < -0.39 is 0 Å². The second-order valence-corrected chi connectivity index (χ2v) is 4.98. The monoisotopic (exact) mass is 290 g/mol. The van der Waals surface area contributed by atoms with Crippen molar-refractivity contribution in [1.82, 2.24) is 4.98 Å². The minimum Gasteiger partial charge on any atom is -0.339 e. The maximum atomic E-state index is 4.36.